The van der Waals surface area contributed by atoms with Crippen molar-refractivity contribution in [2.45, 2.75) is 42.9 Å². The molecule has 8 nitrogen and oxygen atoms in total. The first-order valence-electron chi connectivity index (χ1n) is 8.76. The molecular weight excluding hydrogens is 388 g/mol. The van der Waals surface area contributed by atoms with Crippen molar-refractivity contribution in [3.8, 4) is 0 Å². The number of nitrogens with zero attached hydrogens (tertiary/aromatic N) is 3. The molecule has 3 rings (SSSR count). The highest BCUT2D eigenvalue weighted by molar-refractivity contribution is 7.92. The van der Waals surface area contributed by atoms with Crippen LogP contribution in [0.4, 0.5) is 5.69 Å². The van der Waals surface area contributed by atoms with Gasteiger partial charge in [0.15, 0.2) is 0 Å². The lowest BCUT2D eigenvalue weighted by molar-refractivity contribution is 0.346. The van der Waals surface area contributed by atoms with Crippen LogP contribution in [0.25, 0.3) is 0 Å². The Kier molecular flexibility index (Phi) is 5.33. The van der Waals surface area contributed by atoms with E-state index in [0.29, 0.717) is 24.5 Å². The van der Waals surface area contributed by atoms with E-state index in [4.69, 9.17) is 0 Å². The lowest BCUT2D eigenvalue weighted by Crippen LogP contribution is -2.35. The molecule has 27 heavy (non-hydrogen) atoms. The van der Waals surface area contributed by atoms with Gasteiger partial charge in [-0.2, -0.15) is 9.40 Å². The molecule has 10 heteroatoms. The monoisotopic (exact) mass is 412 g/mol. The minimum absolute atomic E-state index is 0.0873. The third-order valence-corrected chi connectivity index (χ3v) is 8.28. The second-order valence-corrected chi connectivity index (χ2v) is 10.3. The minimum atomic E-state index is -3.88. The number of nitrogens with one attached hydrogen (secondary N) is 1. The Morgan fingerprint density at radius 1 is 1.04 bits per heavy atom. The average Bonchev–Trinajstić information content (AvgIpc) is 2.88. The van der Waals surface area contributed by atoms with Gasteiger partial charge in [-0.1, -0.05) is 12.5 Å². The third kappa shape index (κ3) is 3.87. The Bertz CT molecular complexity index is 1050. The van der Waals surface area contributed by atoms with Crippen LogP contribution in [0.1, 0.15) is 30.7 Å². The number of rotatable bonds is 5. The molecule has 0 amide bonds. The van der Waals surface area contributed by atoms with Crippen LogP contribution in [-0.4, -0.2) is 44.0 Å². The molecule has 0 atom stereocenters. The summed E-state index contributed by atoms with van der Waals surface area (Å²) in [6.07, 6.45) is 2.70. The molecule has 0 aliphatic carbocycles. The Morgan fingerprint density at radius 2 is 1.70 bits per heavy atom. The van der Waals surface area contributed by atoms with Crippen LogP contribution >= 0.6 is 0 Å². The quantitative estimate of drug-likeness (QED) is 0.809. The van der Waals surface area contributed by atoms with Crippen LogP contribution in [0.5, 0.6) is 0 Å². The van der Waals surface area contributed by atoms with Crippen LogP contribution in [0.3, 0.4) is 0 Å². The van der Waals surface area contributed by atoms with Crippen molar-refractivity contribution in [3.63, 3.8) is 0 Å². The Balaban J connectivity index is 1.92. The van der Waals surface area contributed by atoms with E-state index >= 15 is 0 Å². The molecule has 0 bridgehead atoms. The summed E-state index contributed by atoms with van der Waals surface area (Å²) in [4.78, 5) is 0.193. The molecule has 1 aliphatic heterocycles. The Hall–Kier alpha value is -1.91. The molecule has 1 saturated heterocycles. The number of hydrogen-bond donors (Lipinski definition) is 1. The lowest BCUT2D eigenvalue weighted by atomic mass is 10.2. The van der Waals surface area contributed by atoms with Gasteiger partial charge in [0.25, 0.3) is 10.0 Å². The van der Waals surface area contributed by atoms with Crippen molar-refractivity contribution in [3.05, 3.63) is 35.7 Å². The largest absolute Gasteiger partial charge is 0.279 e. The molecule has 1 fully saturated rings. The molecule has 2 heterocycles. The SMILES string of the molecule is Cc1nn(C)c(C)c1S(=O)(=O)Nc1cccc(S(=O)(=O)N2CCCCC2)c1. The first-order valence-corrected chi connectivity index (χ1v) is 11.7. The van der Waals surface area contributed by atoms with Gasteiger partial charge in [0.05, 0.1) is 22.0 Å². The maximum absolute atomic E-state index is 12.8. The summed E-state index contributed by atoms with van der Waals surface area (Å²) in [7, 11) is -5.84. The number of benzene rings is 1. The van der Waals surface area contributed by atoms with Gasteiger partial charge in [-0.15, -0.1) is 0 Å². The van der Waals surface area contributed by atoms with Crippen molar-refractivity contribution in [1.82, 2.24) is 14.1 Å². The van der Waals surface area contributed by atoms with Gasteiger partial charge in [0, 0.05) is 20.1 Å². The summed E-state index contributed by atoms with van der Waals surface area (Å²) in [5.41, 5.74) is 1.10. The fourth-order valence-corrected chi connectivity index (χ4v) is 6.38. The summed E-state index contributed by atoms with van der Waals surface area (Å²) < 4.78 is 56.7. The molecule has 0 saturated carbocycles. The van der Waals surface area contributed by atoms with Crippen molar-refractivity contribution < 1.29 is 16.8 Å². The molecule has 1 aromatic heterocycles. The molecule has 148 valence electrons. The summed E-state index contributed by atoms with van der Waals surface area (Å²) in [5, 5.41) is 4.13. The van der Waals surface area contributed by atoms with Crippen molar-refractivity contribution >= 4 is 25.7 Å². The van der Waals surface area contributed by atoms with Gasteiger partial charge >= 0.3 is 0 Å². The number of sulfonamides is 2. The topological polar surface area (TPSA) is 101 Å². The highest BCUT2D eigenvalue weighted by Gasteiger charge is 2.27. The smallest absolute Gasteiger partial charge is 0.265 e. The Morgan fingerprint density at radius 3 is 2.30 bits per heavy atom. The van der Waals surface area contributed by atoms with Crippen LogP contribution in [0.15, 0.2) is 34.1 Å². The number of piperidine rings is 1. The first-order chi connectivity index (χ1) is 12.6. The predicted octanol–water partition coefficient (Wildman–Crippen LogP) is 2.01. The Labute approximate surface area is 160 Å². The lowest BCUT2D eigenvalue weighted by Gasteiger charge is -2.26. The average molecular weight is 413 g/mol. The van der Waals surface area contributed by atoms with Crippen molar-refractivity contribution in [1.29, 1.82) is 0 Å². The van der Waals surface area contributed by atoms with Gasteiger partial charge in [0.2, 0.25) is 10.0 Å². The van der Waals surface area contributed by atoms with E-state index < -0.39 is 20.0 Å². The molecule has 1 aromatic carbocycles. The summed E-state index contributed by atoms with van der Waals surface area (Å²) in [6.45, 7) is 4.28. The maximum Gasteiger partial charge on any atom is 0.265 e. The zero-order valence-corrected chi connectivity index (χ0v) is 17.3. The molecule has 0 unspecified atom stereocenters. The van der Waals surface area contributed by atoms with Gasteiger partial charge in [-0.3, -0.25) is 9.40 Å². The maximum atomic E-state index is 12.8. The normalized spacial score (nSPS) is 16.4. The molecule has 1 aliphatic rings. The van der Waals surface area contributed by atoms with Crippen LogP contribution in [-0.2, 0) is 27.1 Å². The van der Waals surface area contributed by atoms with Gasteiger partial charge in [-0.05, 0) is 44.9 Å². The van der Waals surface area contributed by atoms with Crippen LogP contribution in [0, 0.1) is 13.8 Å². The van der Waals surface area contributed by atoms with Crippen molar-refractivity contribution in [2.24, 2.45) is 7.05 Å². The first kappa shape index (κ1) is 19.8. The standard InChI is InChI=1S/C17H24N4O4S2/c1-13-17(14(2)20(3)18-13)26(22,23)19-15-8-7-9-16(12-15)27(24,25)21-10-5-4-6-11-21/h7-9,12,19H,4-6,10-11H2,1-3H3. The second-order valence-electron chi connectivity index (χ2n) is 6.72. The molecule has 2 aromatic rings. The number of aryl methyl sites for hydroxylation is 2. The molecular formula is C17H24N4O4S2. The summed E-state index contributed by atoms with van der Waals surface area (Å²) in [6, 6.07) is 5.93. The highest BCUT2D eigenvalue weighted by Crippen LogP contribution is 2.26. The fraction of sp³-hybridized carbons (Fsp3) is 0.471. The zero-order chi connectivity index (χ0) is 19.8. The van der Waals surface area contributed by atoms with Crippen LogP contribution < -0.4 is 4.72 Å². The third-order valence-electron chi connectivity index (χ3n) is 4.75. The zero-order valence-electron chi connectivity index (χ0n) is 15.6. The van der Waals surface area contributed by atoms with E-state index in [2.05, 4.69) is 9.82 Å². The second kappa shape index (κ2) is 7.25. The predicted molar refractivity (Wildman–Crippen MR) is 103 cm³/mol. The van der Waals surface area contributed by atoms with Gasteiger partial charge < -0.3 is 0 Å². The summed E-state index contributed by atoms with van der Waals surface area (Å²) in [5.74, 6) is 0. The van der Waals surface area contributed by atoms with E-state index in [-0.39, 0.29) is 15.5 Å². The fourth-order valence-electron chi connectivity index (χ4n) is 3.32. The number of hydrogen-bond acceptors (Lipinski definition) is 5. The molecule has 0 radical (unpaired) electrons. The molecule has 1 N–H and O–H groups in total. The van der Waals surface area contributed by atoms with E-state index in [0.717, 1.165) is 19.3 Å². The minimum Gasteiger partial charge on any atom is -0.279 e. The van der Waals surface area contributed by atoms with Crippen molar-refractivity contribution in [2.75, 3.05) is 17.8 Å². The molecule has 0 spiro atoms. The van der Waals surface area contributed by atoms with E-state index in [1.54, 1.807) is 20.9 Å². The number of aromatic nitrogens is 2. The van der Waals surface area contributed by atoms with E-state index in [1.165, 1.54) is 33.3 Å². The van der Waals surface area contributed by atoms with E-state index in [1.807, 2.05) is 0 Å². The van der Waals surface area contributed by atoms with Crippen LogP contribution in [0.2, 0.25) is 0 Å². The van der Waals surface area contributed by atoms with E-state index in [9.17, 15) is 16.8 Å². The highest BCUT2D eigenvalue weighted by atomic mass is 32.2. The van der Waals surface area contributed by atoms with Gasteiger partial charge in [0.1, 0.15) is 4.90 Å². The summed E-state index contributed by atoms with van der Waals surface area (Å²) >= 11 is 0. The number of anilines is 1. The van der Waals surface area contributed by atoms with Gasteiger partial charge in [-0.25, -0.2) is 16.8 Å².